The van der Waals surface area contributed by atoms with Crippen LogP contribution in [0, 0.1) is 11.8 Å². The molecule has 0 aliphatic heterocycles. The van der Waals surface area contributed by atoms with Crippen LogP contribution in [0.15, 0.2) is 0 Å². The fourth-order valence-corrected chi connectivity index (χ4v) is 2.10. The quantitative estimate of drug-likeness (QED) is 0.604. The maximum Gasteiger partial charge on any atom is 0.00412 e. The largest absolute Gasteiger partial charge is 0.314 e. The Bertz CT molecular complexity index is 131. The lowest BCUT2D eigenvalue weighted by Crippen LogP contribution is -2.32. The summed E-state index contributed by atoms with van der Waals surface area (Å²) in [5, 5.41) is 3.67. The Morgan fingerprint density at radius 1 is 1.07 bits per heavy atom. The van der Waals surface area contributed by atoms with E-state index in [-0.39, 0.29) is 0 Å². The molecule has 2 atom stereocenters. The normalized spacial score (nSPS) is 15.6. The van der Waals surface area contributed by atoms with Gasteiger partial charge in [-0.2, -0.15) is 0 Å². The van der Waals surface area contributed by atoms with Gasteiger partial charge in [0.25, 0.3) is 0 Å². The van der Waals surface area contributed by atoms with E-state index >= 15 is 0 Å². The molecular weight excluding hydrogens is 182 g/mol. The Balaban J connectivity index is 3.60. The first-order valence-corrected chi connectivity index (χ1v) is 6.83. The van der Waals surface area contributed by atoms with Gasteiger partial charge in [0.15, 0.2) is 0 Å². The van der Waals surface area contributed by atoms with Gasteiger partial charge in [0.1, 0.15) is 0 Å². The van der Waals surface area contributed by atoms with Crippen molar-refractivity contribution in [2.75, 3.05) is 6.54 Å². The van der Waals surface area contributed by atoms with Crippen molar-refractivity contribution in [2.24, 2.45) is 11.8 Å². The first kappa shape index (κ1) is 15.0. The number of nitrogens with one attached hydrogen (secondary N) is 1. The van der Waals surface area contributed by atoms with Crippen LogP contribution in [0.1, 0.15) is 66.7 Å². The van der Waals surface area contributed by atoms with E-state index in [9.17, 15) is 0 Å². The van der Waals surface area contributed by atoms with E-state index in [2.05, 4.69) is 39.9 Å². The first-order chi connectivity index (χ1) is 7.10. The zero-order valence-electron chi connectivity index (χ0n) is 11.5. The molecule has 0 saturated carbocycles. The molecule has 1 unspecified atom stereocenters. The van der Waals surface area contributed by atoms with Crippen LogP contribution in [0.25, 0.3) is 0 Å². The first-order valence-electron chi connectivity index (χ1n) is 6.83. The minimum absolute atomic E-state index is 0.681. The van der Waals surface area contributed by atoms with Gasteiger partial charge in [-0.1, -0.05) is 47.0 Å². The van der Waals surface area contributed by atoms with Gasteiger partial charge in [0.05, 0.1) is 0 Å². The SMILES string of the molecule is CCCCC(CC)CN[C@@H](C)CC(C)C. The van der Waals surface area contributed by atoms with Crippen molar-refractivity contribution in [3.63, 3.8) is 0 Å². The van der Waals surface area contributed by atoms with Crippen LogP contribution in [0.3, 0.4) is 0 Å². The second-order valence-electron chi connectivity index (χ2n) is 5.36. The third-order valence-electron chi connectivity index (χ3n) is 3.12. The summed E-state index contributed by atoms with van der Waals surface area (Å²) in [4.78, 5) is 0. The van der Waals surface area contributed by atoms with Crippen LogP contribution in [0.2, 0.25) is 0 Å². The highest BCUT2D eigenvalue weighted by atomic mass is 14.9. The Morgan fingerprint density at radius 2 is 1.73 bits per heavy atom. The molecule has 1 N–H and O–H groups in total. The molecule has 0 saturated heterocycles. The van der Waals surface area contributed by atoms with E-state index in [1.165, 1.54) is 38.6 Å². The molecule has 0 bridgehead atoms. The summed E-state index contributed by atoms with van der Waals surface area (Å²) in [5.41, 5.74) is 0. The lowest BCUT2D eigenvalue weighted by atomic mass is 9.98. The molecule has 0 aromatic carbocycles. The lowest BCUT2D eigenvalue weighted by Gasteiger charge is -2.20. The van der Waals surface area contributed by atoms with Crippen LogP contribution in [0.5, 0.6) is 0 Å². The van der Waals surface area contributed by atoms with E-state index in [1.807, 2.05) is 0 Å². The summed E-state index contributed by atoms with van der Waals surface area (Å²) in [5.74, 6) is 1.70. The standard InChI is InChI=1S/C14H31N/c1-6-8-9-14(7-2)11-15-13(5)10-12(3)4/h12-15H,6-11H2,1-5H3/t13-,14?/m0/s1. The fourth-order valence-electron chi connectivity index (χ4n) is 2.10. The molecule has 15 heavy (non-hydrogen) atoms. The van der Waals surface area contributed by atoms with Crippen LogP contribution < -0.4 is 5.32 Å². The Hall–Kier alpha value is -0.0400. The number of hydrogen-bond acceptors (Lipinski definition) is 1. The molecule has 0 spiro atoms. The molecule has 0 aliphatic carbocycles. The summed E-state index contributed by atoms with van der Waals surface area (Å²) in [6.07, 6.45) is 6.73. The van der Waals surface area contributed by atoms with Crippen molar-refractivity contribution in [3.8, 4) is 0 Å². The highest BCUT2D eigenvalue weighted by molar-refractivity contribution is 4.67. The second-order valence-corrected chi connectivity index (χ2v) is 5.36. The molecule has 0 aliphatic rings. The molecule has 1 nitrogen and oxygen atoms in total. The summed E-state index contributed by atoms with van der Waals surface area (Å²) in [6, 6.07) is 0.681. The van der Waals surface area contributed by atoms with Crippen LogP contribution in [0.4, 0.5) is 0 Å². The zero-order chi connectivity index (χ0) is 11.7. The minimum atomic E-state index is 0.681. The van der Waals surface area contributed by atoms with E-state index in [1.54, 1.807) is 0 Å². The van der Waals surface area contributed by atoms with E-state index in [4.69, 9.17) is 0 Å². The maximum atomic E-state index is 3.67. The van der Waals surface area contributed by atoms with Gasteiger partial charge in [0.2, 0.25) is 0 Å². The smallest absolute Gasteiger partial charge is 0.00412 e. The molecule has 92 valence electrons. The predicted molar refractivity (Wildman–Crippen MR) is 70.2 cm³/mol. The number of unbranched alkanes of at least 4 members (excludes halogenated alkanes) is 1. The summed E-state index contributed by atoms with van der Waals surface area (Å²) in [6.45, 7) is 12.7. The second kappa shape index (κ2) is 9.21. The number of hydrogen-bond donors (Lipinski definition) is 1. The molecule has 0 heterocycles. The van der Waals surface area contributed by atoms with Crippen molar-refractivity contribution in [3.05, 3.63) is 0 Å². The van der Waals surface area contributed by atoms with E-state index in [0.717, 1.165) is 11.8 Å². The van der Waals surface area contributed by atoms with Crippen LogP contribution >= 0.6 is 0 Å². The van der Waals surface area contributed by atoms with E-state index < -0.39 is 0 Å². The van der Waals surface area contributed by atoms with Crippen molar-refractivity contribution in [1.82, 2.24) is 5.32 Å². The molecule has 0 fully saturated rings. The van der Waals surface area contributed by atoms with Gasteiger partial charge in [-0.3, -0.25) is 0 Å². The molecule has 0 aromatic rings. The molecule has 0 rings (SSSR count). The summed E-state index contributed by atoms with van der Waals surface area (Å²) in [7, 11) is 0. The van der Waals surface area contributed by atoms with Crippen LogP contribution in [-0.2, 0) is 0 Å². The average Bonchev–Trinajstić information content (AvgIpc) is 2.17. The van der Waals surface area contributed by atoms with Gasteiger partial charge >= 0.3 is 0 Å². The minimum Gasteiger partial charge on any atom is -0.314 e. The fraction of sp³-hybridized carbons (Fsp3) is 1.00. The van der Waals surface area contributed by atoms with Crippen molar-refractivity contribution >= 4 is 0 Å². The molecule has 1 heteroatoms. The van der Waals surface area contributed by atoms with Crippen LogP contribution in [-0.4, -0.2) is 12.6 Å². The average molecular weight is 213 g/mol. The summed E-state index contributed by atoms with van der Waals surface area (Å²) < 4.78 is 0. The van der Waals surface area contributed by atoms with Gasteiger partial charge in [-0.05, 0) is 38.1 Å². The van der Waals surface area contributed by atoms with Gasteiger partial charge in [0, 0.05) is 6.04 Å². The van der Waals surface area contributed by atoms with E-state index in [0.29, 0.717) is 6.04 Å². The highest BCUT2D eigenvalue weighted by Gasteiger charge is 2.08. The topological polar surface area (TPSA) is 12.0 Å². The predicted octanol–water partition coefficient (Wildman–Crippen LogP) is 4.23. The molecule has 0 amide bonds. The lowest BCUT2D eigenvalue weighted by molar-refractivity contribution is 0.369. The van der Waals surface area contributed by atoms with Gasteiger partial charge in [-0.15, -0.1) is 0 Å². The Labute approximate surface area is 97.0 Å². The Morgan fingerprint density at radius 3 is 2.20 bits per heavy atom. The highest BCUT2D eigenvalue weighted by Crippen LogP contribution is 2.12. The molecule has 0 radical (unpaired) electrons. The third-order valence-corrected chi connectivity index (χ3v) is 3.12. The number of rotatable bonds is 9. The van der Waals surface area contributed by atoms with Crippen molar-refractivity contribution in [1.29, 1.82) is 0 Å². The summed E-state index contributed by atoms with van der Waals surface area (Å²) >= 11 is 0. The van der Waals surface area contributed by atoms with Crippen molar-refractivity contribution < 1.29 is 0 Å². The van der Waals surface area contributed by atoms with Gasteiger partial charge in [-0.25, -0.2) is 0 Å². The van der Waals surface area contributed by atoms with Crippen molar-refractivity contribution in [2.45, 2.75) is 72.8 Å². The molecular formula is C14H31N. The maximum absolute atomic E-state index is 3.67. The molecule has 0 aromatic heterocycles. The Kier molecular flexibility index (Phi) is 9.18. The zero-order valence-corrected chi connectivity index (χ0v) is 11.5. The monoisotopic (exact) mass is 213 g/mol. The van der Waals surface area contributed by atoms with Gasteiger partial charge < -0.3 is 5.32 Å². The third kappa shape index (κ3) is 8.92.